The Morgan fingerprint density at radius 2 is 1.80 bits per heavy atom. The van der Waals surface area contributed by atoms with Gasteiger partial charge >= 0.3 is 0 Å². The highest BCUT2D eigenvalue weighted by Gasteiger charge is 2.12. The van der Waals surface area contributed by atoms with Crippen LogP contribution >= 0.6 is 11.3 Å². The van der Waals surface area contributed by atoms with Gasteiger partial charge < -0.3 is 10.1 Å². The van der Waals surface area contributed by atoms with Crippen molar-refractivity contribution in [2.75, 3.05) is 0 Å². The standard InChI is InChI=1S/C20H20N2O2S/c1-15(16-8-4-2-5-9-16)21-19(23)12-17-14-25-20(22-17)13-24-18-10-6-3-7-11-18/h2-11,14-15H,12-13H2,1H3,(H,21,23)/t15-/m1/s1. The fraction of sp³-hybridized carbons (Fsp3) is 0.200. The molecule has 128 valence electrons. The lowest BCUT2D eigenvalue weighted by atomic mass is 10.1. The minimum atomic E-state index is -0.0304. The highest BCUT2D eigenvalue weighted by molar-refractivity contribution is 7.09. The minimum Gasteiger partial charge on any atom is -0.486 e. The Balaban J connectivity index is 1.50. The van der Waals surface area contributed by atoms with Crippen LogP contribution in [0.25, 0.3) is 0 Å². The molecular weight excluding hydrogens is 332 g/mol. The summed E-state index contributed by atoms with van der Waals surface area (Å²) >= 11 is 1.51. The van der Waals surface area contributed by atoms with E-state index in [1.165, 1.54) is 11.3 Å². The molecule has 1 N–H and O–H groups in total. The number of hydrogen-bond acceptors (Lipinski definition) is 4. The van der Waals surface area contributed by atoms with Gasteiger partial charge in [0.15, 0.2) is 0 Å². The van der Waals surface area contributed by atoms with Gasteiger partial charge in [-0.2, -0.15) is 0 Å². The third kappa shape index (κ3) is 5.16. The first-order chi connectivity index (χ1) is 12.2. The van der Waals surface area contributed by atoms with Gasteiger partial charge in [-0.05, 0) is 24.6 Å². The topological polar surface area (TPSA) is 51.2 Å². The Hall–Kier alpha value is -2.66. The number of carbonyl (C=O) groups excluding carboxylic acids is 1. The average molecular weight is 352 g/mol. The minimum absolute atomic E-state index is 0.0202. The number of amides is 1. The summed E-state index contributed by atoms with van der Waals surface area (Å²) in [4.78, 5) is 16.7. The molecule has 4 nitrogen and oxygen atoms in total. The smallest absolute Gasteiger partial charge is 0.226 e. The largest absolute Gasteiger partial charge is 0.486 e. The number of carbonyl (C=O) groups is 1. The second-order valence-corrected chi connectivity index (χ2v) is 6.65. The van der Waals surface area contributed by atoms with Crippen LogP contribution in [0.4, 0.5) is 0 Å². The van der Waals surface area contributed by atoms with Gasteiger partial charge in [0.25, 0.3) is 0 Å². The van der Waals surface area contributed by atoms with E-state index in [1.54, 1.807) is 0 Å². The third-order valence-corrected chi connectivity index (χ3v) is 4.59. The molecule has 0 aliphatic rings. The van der Waals surface area contributed by atoms with E-state index >= 15 is 0 Å². The molecule has 2 aromatic carbocycles. The zero-order valence-corrected chi connectivity index (χ0v) is 14.8. The summed E-state index contributed by atoms with van der Waals surface area (Å²) in [5, 5.41) is 5.78. The van der Waals surface area contributed by atoms with Crippen molar-refractivity contribution < 1.29 is 9.53 Å². The highest BCUT2D eigenvalue weighted by Crippen LogP contribution is 2.16. The van der Waals surface area contributed by atoms with Crippen molar-refractivity contribution in [3.63, 3.8) is 0 Å². The zero-order chi connectivity index (χ0) is 17.5. The van der Waals surface area contributed by atoms with Gasteiger partial charge in [0.2, 0.25) is 5.91 Å². The first-order valence-electron chi connectivity index (χ1n) is 8.16. The summed E-state index contributed by atoms with van der Waals surface area (Å²) < 4.78 is 5.68. The van der Waals surface area contributed by atoms with Crippen molar-refractivity contribution in [3.8, 4) is 5.75 Å². The van der Waals surface area contributed by atoms with Crippen LogP contribution in [-0.4, -0.2) is 10.9 Å². The second-order valence-electron chi connectivity index (χ2n) is 5.71. The first-order valence-corrected chi connectivity index (χ1v) is 9.04. The lowest BCUT2D eigenvalue weighted by Gasteiger charge is -2.13. The quantitative estimate of drug-likeness (QED) is 0.695. The maximum Gasteiger partial charge on any atom is 0.226 e. The molecule has 0 saturated heterocycles. The van der Waals surface area contributed by atoms with E-state index in [9.17, 15) is 4.79 Å². The fourth-order valence-corrected chi connectivity index (χ4v) is 3.15. The number of hydrogen-bond donors (Lipinski definition) is 1. The number of thiazole rings is 1. The van der Waals surface area contributed by atoms with Crippen LogP contribution in [0, 0.1) is 0 Å². The first kappa shape index (κ1) is 17.2. The van der Waals surface area contributed by atoms with Crippen molar-refractivity contribution >= 4 is 17.2 Å². The van der Waals surface area contributed by atoms with E-state index in [2.05, 4.69) is 10.3 Å². The van der Waals surface area contributed by atoms with Crippen LogP contribution in [-0.2, 0) is 17.8 Å². The molecule has 0 bridgehead atoms. The van der Waals surface area contributed by atoms with E-state index < -0.39 is 0 Å². The molecule has 0 radical (unpaired) electrons. The van der Waals surface area contributed by atoms with Crippen LogP contribution in [0.5, 0.6) is 5.75 Å². The number of nitrogens with one attached hydrogen (secondary N) is 1. The fourth-order valence-electron chi connectivity index (χ4n) is 2.44. The number of ether oxygens (including phenoxy) is 1. The second kappa shape index (κ2) is 8.44. The van der Waals surface area contributed by atoms with Gasteiger partial charge in [0.05, 0.1) is 18.2 Å². The summed E-state index contributed by atoms with van der Waals surface area (Å²) in [5.41, 5.74) is 1.86. The lowest BCUT2D eigenvalue weighted by molar-refractivity contribution is -0.121. The van der Waals surface area contributed by atoms with Gasteiger partial charge in [-0.3, -0.25) is 4.79 Å². The van der Waals surface area contributed by atoms with E-state index in [1.807, 2.05) is 73.0 Å². The monoisotopic (exact) mass is 352 g/mol. The van der Waals surface area contributed by atoms with Gasteiger partial charge in [-0.1, -0.05) is 48.5 Å². The number of para-hydroxylation sites is 1. The molecule has 25 heavy (non-hydrogen) atoms. The Morgan fingerprint density at radius 3 is 2.52 bits per heavy atom. The molecular formula is C20H20N2O2S. The summed E-state index contributed by atoms with van der Waals surface area (Å²) in [6, 6.07) is 19.5. The van der Waals surface area contributed by atoms with Crippen molar-refractivity contribution in [1.29, 1.82) is 0 Å². The Kier molecular flexibility index (Phi) is 5.80. The van der Waals surface area contributed by atoms with Crippen LogP contribution in [0.2, 0.25) is 0 Å². The maximum atomic E-state index is 12.2. The molecule has 1 atom stereocenters. The summed E-state index contributed by atoms with van der Waals surface area (Å²) in [6.07, 6.45) is 0.277. The number of rotatable bonds is 7. The van der Waals surface area contributed by atoms with Crippen LogP contribution < -0.4 is 10.1 Å². The predicted octanol–water partition coefficient (Wildman–Crippen LogP) is 4.14. The van der Waals surface area contributed by atoms with Gasteiger partial charge in [-0.25, -0.2) is 4.98 Å². The molecule has 0 aliphatic heterocycles. The Morgan fingerprint density at radius 1 is 1.12 bits per heavy atom. The maximum absolute atomic E-state index is 12.2. The number of benzene rings is 2. The SMILES string of the molecule is C[C@@H](NC(=O)Cc1csc(COc2ccccc2)n1)c1ccccc1. The van der Waals surface area contributed by atoms with E-state index in [0.717, 1.165) is 22.0 Å². The van der Waals surface area contributed by atoms with Crippen molar-refractivity contribution in [2.45, 2.75) is 26.0 Å². The van der Waals surface area contributed by atoms with Gasteiger partial charge in [0, 0.05) is 5.38 Å². The molecule has 0 spiro atoms. The highest BCUT2D eigenvalue weighted by atomic mass is 32.1. The van der Waals surface area contributed by atoms with Crippen LogP contribution in [0.3, 0.4) is 0 Å². The molecule has 1 aromatic heterocycles. The summed E-state index contributed by atoms with van der Waals surface area (Å²) in [7, 11) is 0. The normalized spacial score (nSPS) is 11.7. The number of aromatic nitrogens is 1. The Bertz CT molecular complexity index is 803. The molecule has 3 aromatic rings. The molecule has 1 amide bonds. The van der Waals surface area contributed by atoms with Crippen molar-refractivity contribution in [2.24, 2.45) is 0 Å². The third-order valence-electron chi connectivity index (χ3n) is 3.72. The van der Waals surface area contributed by atoms with Gasteiger partial charge in [-0.15, -0.1) is 11.3 Å². The van der Waals surface area contributed by atoms with Crippen LogP contribution in [0.15, 0.2) is 66.0 Å². The predicted molar refractivity (Wildman–Crippen MR) is 99.6 cm³/mol. The lowest BCUT2D eigenvalue weighted by Crippen LogP contribution is -2.28. The number of nitrogens with zero attached hydrogens (tertiary/aromatic N) is 1. The van der Waals surface area contributed by atoms with E-state index in [-0.39, 0.29) is 18.4 Å². The summed E-state index contributed by atoms with van der Waals surface area (Å²) in [5.74, 6) is 0.783. The molecule has 0 fully saturated rings. The van der Waals surface area contributed by atoms with E-state index in [0.29, 0.717) is 6.61 Å². The molecule has 0 aliphatic carbocycles. The van der Waals surface area contributed by atoms with E-state index in [4.69, 9.17) is 4.74 Å². The van der Waals surface area contributed by atoms with Crippen molar-refractivity contribution in [1.82, 2.24) is 10.3 Å². The molecule has 1 heterocycles. The molecule has 3 rings (SSSR count). The van der Waals surface area contributed by atoms with Crippen molar-refractivity contribution in [3.05, 3.63) is 82.3 Å². The molecule has 0 saturated carbocycles. The Labute approximate surface area is 151 Å². The zero-order valence-electron chi connectivity index (χ0n) is 14.0. The van der Waals surface area contributed by atoms with Gasteiger partial charge in [0.1, 0.15) is 17.4 Å². The average Bonchev–Trinajstić information content (AvgIpc) is 3.08. The molecule has 5 heteroatoms. The molecule has 0 unspecified atom stereocenters. The van der Waals surface area contributed by atoms with Crippen LogP contribution in [0.1, 0.15) is 29.2 Å². The summed E-state index contributed by atoms with van der Waals surface area (Å²) in [6.45, 7) is 2.39.